The molecule has 0 bridgehead atoms. The molecular weight excluding hydrogens is 236 g/mol. The maximum Gasteiger partial charge on any atom is 0.115 e. The molecule has 0 spiro atoms. The Labute approximate surface area is 115 Å². The monoisotopic (exact) mass is 258 g/mol. The van der Waals surface area contributed by atoms with E-state index in [1.165, 1.54) is 11.1 Å². The predicted octanol–water partition coefficient (Wildman–Crippen LogP) is 3.70. The standard InChI is InChI=1S/C17H22O2/c1-3-17(4-2,13-5-9-15(18)10-6-13)14-7-11-16(19)12-8-14/h5-11,16,18-19H,3-4,12H2,1-2H3. The van der Waals surface area contributed by atoms with Gasteiger partial charge in [-0.15, -0.1) is 0 Å². The van der Waals surface area contributed by atoms with Gasteiger partial charge in [0, 0.05) is 5.41 Å². The summed E-state index contributed by atoms with van der Waals surface area (Å²) in [6.07, 6.45) is 8.40. The van der Waals surface area contributed by atoms with Crippen molar-refractivity contribution in [2.75, 3.05) is 0 Å². The number of rotatable bonds is 4. The van der Waals surface area contributed by atoms with E-state index in [1.807, 2.05) is 24.3 Å². The third-order valence-corrected chi connectivity index (χ3v) is 4.26. The van der Waals surface area contributed by atoms with Gasteiger partial charge in [0.1, 0.15) is 5.75 Å². The summed E-state index contributed by atoms with van der Waals surface area (Å²) in [5.41, 5.74) is 2.47. The van der Waals surface area contributed by atoms with Gasteiger partial charge >= 0.3 is 0 Å². The highest BCUT2D eigenvalue weighted by Gasteiger charge is 2.32. The molecule has 2 N–H and O–H groups in total. The van der Waals surface area contributed by atoms with Gasteiger partial charge in [0.25, 0.3) is 0 Å². The first kappa shape index (κ1) is 13.9. The zero-order chi connectivity index (χ0) is 13.9. The highest BCUT2D eigenvalue weighted by Crippen LogP contribution is 2.41. The molecule has 0 heterocycles. The Hall–Kier alpha value is -1.54. The Kier molecular flexibility index (Phi) is 4.11. The van der Waals surface area contributed by atoms with Crippen LogP contribution in [0.3, 0.4) is 0 Å². The van der Waals surface area contributed by atoms with Crippen LogP contribution in [0.1, 0.15) is 38.7 Å². The number of hydrogen-bond acceptors (Lipinski definition) is 2. The van der Waals surface area contributed by atoms with Crippen LogP contribution in [0.2, 0.25) is 0 Å². The van der Waals surface area contributed by atoms with Gasteiger partial charge in [-0.1, -0.05) is 44.2 Å². The summed E-state index contributed by atoms with van der Waals surface area (Å²) in [6.45, 7) is 4.38. The van der Waals surface area contributed by atoms with Crippen LogP contribution in [0, 0.1) is 0 Å². The van der Waals surface area contributed by atoms with E-state index in [4.69, 9.17) is 0 Å². The molecule has 19 heavy (non-hydrogen) atoms. The van der Waals surface area contributed by atoms with Crippen LogP contribution in [-0.4, -0.2) is 16.3 Å². The molecule has 1 aromatic carbocycles. The van der Waals surface area contributed by atoms with Crippen LogP contribution in [0.4, 0.5) is 0 Å². The maximum absolute atomic E-state index is 9.58. The molecule has 0 aliphatic heterocycles. The van der Waals surface area contributed by atoms with Crippen molar-refractivity contribution in [2.45, 2.75) is 44.6 Å². The van der Waals surface area contributed by atoms with Crippen molar-refractivity contribution in [3.63, 3.8) is 0 Å². The zero-order valence-corrected chi connectivity index (χ0v) is 11.6. The molecule has 1 atom stereocenters. The van der Waals surface area contributed by atoms with E-state index in [1.54, 1.807) is 12.1 Å². The number of benzene rings is 1. The molecule has 1 unspecified atom stereocenters. The molecular formula is C17H22O2. The molecule has 0 radical (unpaired) electrons. The fourth-order valence-electron chi connectivity index (χ4n) is 2.98. The molecule has 0 saturated carbocycles. The summed E-state index contributed by atoms with van der Waals surface area (Å²) in [5.74, 6) is 0.299. The van der Waals surface area contributed by atoms with Crippen molar-refractivity contribution in [1.29, 1.82) is 0 Å². The maximum atomic E-state index is 9.58. The van der Waals surface area contributed by atoms with Gasteiger partial charge in [-0.2, -0.15) is 0 Å². The summed E-state index contributed by atoms with van der Waals surface area (Å²) in [5, 5.41) is 19.0. The summed E-state index contributed by atoms with van der Waals surface area (Å²) in [7, 11) is 0. The smallest absolute Gasteiger partial charge is 0.115 e. The second-order valence-electron chi connectivity index (χ2n) is 5.16. The van der Waals surface area contributed by atoms with Crippen LogP contribution in [-0.2, 0) is 5.41 Å². The highest BCUT2D eigenvalue weighted by molar-refractivity contribution is 5.44. The zero-order valence-electron chi connectivity index (χ0n) is 11.6. The second kappa shape index (κ2) is 5.62. The van der Waals surface area contributed by atoms with E-state index in [9.17, 15) is 10.2 Å². The second-order valence-corrected chi connectivity index (χ2v) is 5.16. The van der Waals surface area contributed by atoms with Gasteiger partial charge in [0.2, 0.25) is 0 Å². The summed E-state index contributed by atoms with van der Waals surface area (Å²) < 4.78 is 0. The Balaban J connectivity index is 2.43. The van der Waals surface area contributed by atoms with Gasteiger partial charge < -0.3 is 10.2 Å². The molecule has 0 amide bonds. The van der Waals surface area contributed by atoms with E-state index in [-0.39, 0.29) is 11.5 Å². The molecule has 1 aromatic rings. The Bertz CT molecular complexity index is 478. The lowest BCUT2D eigenvalue weighted by Crippen LogP contribution is -2.28. The van der Waals surface area contributed by atoms with E-state index >= 15 is 0 Å². The van der Waals surface area contributed by atoms with E-state index in [2.05, 4.69) is 19.9 Å². The average molecular weight is 258 g/mol. The fraction of sp³-hybridized carbons (Fsp3) is 0.412. The lowest BCUT2D eigenvalue weighted by Gasteiger charge is -2.35. The lowest BCUT2D eigenvalue weighted by atomic mass is 9.69. The molecule has 102 valence electrons. The van der Waals surface area contributed by atoms with Crippen molar-refractivity contribution in [3.8, 4) is 5.75 Å². The highest BCUT2D eigenvalue weighted by atomic mass is 16.3. The van der Waals surface area contributed by atoms with Crippen LogP contribution in [0.15, 0.2) is 48.1 Å². The summed E-state index contributed by atoms with van der Waals surface area (Å²) >= 11 is 0. The number of phenolic OH excluding ortho intramolecular Hbond substituents is 1. The van der Waals surface area contributed by atoms with Gasteiger partial charge in [-0.05, 0) is 42.5 Å². The molecule has 0 saturated heterocycles. The number of hydrogen-bond donors (Lipinski definition) is 2. The van der Waals surface area contributed by atoms with Crippen LogP contribution in [0.25, 0.3) is 0 Å². The minimum absolute atomic E-state index is 0.0235. The number of aromatic hydroxyl groups is 1. The van der Waals surface area contributed by atoms with Crippen molar-refractivity contribution in [2.24, 2.45) is 0 Å². The normalized spacial score (nSPS) is 19.3. The van der Waals surface area contributed by atoms with Crippen LogP contribution in [0.5, 0.6) is 5.75 Å². The predicted molar refractivity (Wildman–Crippen MR) is 78.2 cm³/mol. The van der Waals surface area contributed by atoms with Crippen molar-refractivity contribution < 1.29 is 10.2 Å². The first-order chi connectivity index (χ1) is 9.12. The minimum Gasteiger partial charge on any atom is -0.508 e. The SMILES string of the molecule is CCC(CC)(C1=CCC(O)C=C1)c1ccc(O)cc1. The van der Waals surface area contributed by atoms with Crippen molar-refractivity contribution >= 4 is 0 Å². The average Bonchev–Trinajstić information content (AvgIpc) is 2.44. The summed E-state index contributed by atoms with van der Waals surface area (Å²) in [4.78, 5) is 0. The van der Waals surface area contributed by atoms with E-state index in [0.29, 0.717) is 12.2 Å². The van der Waals surface area contributed by atoms with Crippen LogP contribution < -0.4 is 0 Å². The summed E-state index contributed by atoms with van der Waals surface area (Å²) in [6, 6.07) is 7.50. The van der Waals surface area contributed by atoms with E-state index < -0.39 is 0 Å². The first-order valence-electron chi connectivity index (χ1n) is 6.99. The first-order valence-corrected chi connectivity index (χ1v) is 6.99. The lowest BCUT2D eigenvalue weighted by molar-refractivity contribution is 0.224. The Morgan fingerprint density at radius 1 is 1.16 bits per heavy atom. The molecule has 2 heteroatoms. The number of aliphatic hydroxyl groups excluding tert-OH is 1. The molecule has 2 nitrogen and oxygen atoms in total. The van der Waals surface area contributed by atoms with Gasteiger partial charge in [0.15, 0.2) is 0 Å². The fourth-order valence-corrected chi connectivity index (χ4v) is 2.98. The molecule has 0 fully saturated rings. The number of phenols is 1. The topological polar surface area (TPSA) is 40.5 Å². The molecule has 1 aliphatic rings. The third-order valence-electron chi connectivity index (χ3n) is 4.26. The Morgan fingerprint density at radius 3 is 2.26 bits per heavy atom. The molecule has 1 aliphatic carbocycles. The third kappa shape index (κ3) is 2.59. The van der Waals surface area contributed by atoms with E-state index in [0.717, 1.165) is 12.8 Å². The quantitative estimate of drug-likeness (QED) is 0.864. The molecule has 2 rings (SSSR count). The minimum atomic E-state index is -0.352. The van der Waals surface area contributed by atoms with Gasteiger partial charge in [0.05, 0.1) is 6.10 Å². The van der Waals surface area contributed by atoms with Gasteiger partial charge in [-0.25, -0.2) is 0 Å². The van der Waals surface area contributed by atoms with Gasteiger partial charge in [-0.3, -0.25) is 0 Å². The largest absolute Gasteiger partial charge is 0.508 e. The van der Waals surface area contributed by atoms with Crippen LogP contribution >= 0.6 is 0 Å². The van der Waals surface area contributed by atoms with Crippen molar-refractivity contribution in [1.82, 2.24) is 0 Å². The van der Waals surface area contributed by atoms with Crippen molar-refractivity contribution in [3.05, 3.63) is 53.6 Å². The Morgan fingerprint density at radius 2 is 1.79 bits per heavy atom. The number of allylic oxidation sites excluding steroid dienone is 2. The number of aliphatic hydroxyl groups is 1. The molecule has 0 aromatic heterocycles.